The van der Waals surface area contributed by atoms with Crippen molar-refractivity contribution in [1.29, 1.82) is 0 Å². The van der Waals surface area contributed by atoms with Crippen molar-refractivity contribution in [3.8, 4) is 0 Å². The maximum absolute atomic E-state index is 12.1. The Labute approximate surface area is 105 Å². The van der Waals surface area contributed by atoms with Crippen LogP contribution in [0.4, 0.5) is 0 Å². The van der Waals surface area contributed by atoms with Gasteiger partial charge in [0.2, 0.25) is 5.91 Å². The molecule has 4 heteroatoms. The van der Waals surface area contributed by atoms with Crippen molar-refractivity contribution in [3.63, 3.8) is 0 Å². The molecular weight excluding hydrogens is 214 g/mol. The molecule has 1 heterocycles. The first kappa shape index (κ1) is 14.5. The van der Waals surface area contributed by atoms with Crippen molar-refractivity contribution in [3.05, 3.63) is 0 Å². The van der Waals surface area contributed by atoms with Crippen LogP contribution in [0.5, 0.6) is 0 Å². The molecule has 0 saturated carbocycles. The first-order valence-corrected chi connectivity index (χ1v) is 6.82. The van der Waals surface area contributed by atoms with Gasteiger partial charge in [0.05, 0.1) is 0 Å². The summed E-state index contributed by atoms with van der Waals surface area (Å²) in [6.45, 7) is 8.67. The fourth-order valence-corrected chi connectivity index (χ4v) is 2.40. The summed E-state index contributed by atoms with van der Waals surface area (Å²) >= 11 is 0. The van der Waals surface area contributed by atoms with E-state index in [9.17, 15) is 4.79 Å². The lowest BCUT2D eigenvalue weighted by Gasteiger charge is -2.23. The Kier molecular flexibility index (Phi) is 6.52. The van der Waals surface area contributed by atoms with Crippen molar-refractivity contribution < 1.29 is 4.79 Å². The van der Waals surface area contributed by atoms with Crippen molar-refractivity contribution >= 4 is 5.91 Å². The quantitative estimate of drug-likeness (QED) is 0.749. The van der Waals surface area contributed by atoms with E-state index < -0.39 is 0 Å². The highest BCUT2D eigenvalue weighted by Gasteiger charge is 2.19. The van der Waals surface area contributed by atoms with Crippen LogP contribution >= 0.6 is 0 Å². The Bertz CT molecular complexity index is 223. The molecule has 1 saturated heterocycles. The maximum Gasteiger partial charge on any atom is 0.222 e. The molecule has 17 heavy (non-hydrogen) atoms. The Hall–Kier alpha value is -0.610. The molecule has 100 valence electrons. The SMILES string of the molecule is CC(C)C[C@H](CN)CC(=O)N1CCCNCC1. The number of nitrogens with two attached hydrogens (primary N) is 1. The molecule has 0 bridgehead atoms. The highest BCUT2D eigenvalue weighted by Crippen LogP contribution is 2.15. The lowest BCUT2D eigenvalue weighted by molar-refractivity contribution is -0.132. The van der Waals surface area contributed by atoms with E-state index in [4.69, 9.17) is 5.73 Å². The largest absolute Gasteiger partial charge is 0.341 e. The van der Waals surface area contributed by atoms with Crippen LogP contribution in [0.25, 0.3) is 0 Å². The van der Waals surface area contributed by atoms with Crippen LogP contribution in [-0.4, -0.2) is 43.5 Å². The molecule has 0 radical (unpaired) electrons. The van der Waals surface area contributed by atoms with Gasteiger partial charge in [0.25, 0.3) is 0 Å². The zero-order chi connectivity index (χ0) is 12.7. The fourth-order valence-electron chi connectivity index (χ4n) is 2.40. The number of nitrogens with one attached hydrogen (secondary N) is 1. The molecule has 1 amide bonds. The minimum Gasteiger partial charge on any atom is -0.341 e. The predicted octanol–water partition coefficient (Wildman–Crippen LogP) is 0.819. The number of carbonyl (C=O) groups excluding carboxylic acids is 1. The minimum absolute atomic E-state index is 0.282. The first-order valence-electron chi connectivity index (χ1n) is 6.82. The number of carbonyl (C=O) groups is 1. The van der Waals surface area contributed by atoms with Crippen molar-refractivity contribution in [2.45, 2.75) is 33.1 Å². The zero-order valence-corrected chi connectivity index (χ0v) is 11.2. The molecular formula is C13H27N3O. The van der Waals surface area contributed by atoms with Gasteiger partial charge in [-0.15, -0.1) is 0 Å². The monoisotopic (exact) mass is 241 g/mol. The molecule has 1 atom stereocenters. The fraction of sp³-hybridized carbons (Fsp3) is 0.923. The van der Waals surface area contributed by atoms with Crippen molar-refractivity contribution in [1.82, 2.24) is 10.2 Å². The van der Waals surface area contributed by atoms with Crippen LogP contribution in [0.1, 0.15) is 33.1 Å². The second-order valence-corrected chi connectivity index (χ2v) is 5.42. The number of rotatable bonds is 5. The lowest BCUT2D eigenvalue weighted by Crippen LogP contribution is -2.36. The van der Waals surface area contributed by atoms with Crippen LogP contribution in [0, 0.1) is 11.8 Å². The van der Waals surface area contributed by atoms with Gasteiger partial charge in [-0.2, -0.15) is 0 Å². The lowest BCUT2D eigenvalue weighted by atomic mass is 9.94. The summed E-state index contributed by atoms with van der Waals surface area (Å²) in [7, 11) is 0. The number of hydrogen-bond donors (Lipinski definition) is 2. The Morgan fingerprint density at radius 1 is 1.35 bits per heavy atom. The number of amides is 1. The molecule has 0 unspecified atom stereocenters. The summed E-state index contributed by atoms with van der Waals surface area (Å²) in [5, 5.41) is 3.31. The van der Waals surface area contributed by atoms with Gasteiger partial charge >= 0.3 is 0 Å². The number of hydrogen-bond acceptors (Lipinski definition) is 3. The van der Waals surface area contributed by atoms with Gasteiger partial charge in [-0.1, -0.05) is 13.8 Å². The topological polar surface area (TPSA) is 58.4 Å². The van der Waals surface area contributed by atoms with Gasteiger partial charge in [-0.3, -0.25) is 4.79 Å². The van der Waals surface area contributed by atoms with Crippen LogP contribution in [0.15, 0.2) is 0 Å². The van der Waals surface area contributed by atoms with Gasteiger partial charge in [0.15, 0.2) is 0 Å². The first-order chi connectivity index (χ1) is 8.13. The highest BCUT2D eigenvalue weighted by atomic mass is 16.2. The Morgan fingerprint density at radius 2 is 2.12 bits per heavy atom. The average Bonchev–Trinajstić information content (AvgIpc) is 2.55. The third-order valence-corrected chi connectivity index (χ3v) is 3.29. The third kappa shape index (κ3) is 5.50. The minimum atomic E-state index is 0.282. The Balaban J connectivity index is 2.39. The van der Waals surface area contributed by atoms with Crippen molar-refractivity contribution in [2.24, 2.45) is 17.6 Å². The molecule has 1 aliphatic rings. The van der Waals surface area contributed by atoms with E-state index in [0.29, 0.717) is 24.8 Å². The van der Waals surface area contributed by atoms with Crippen LogP contribution in [-0.2, 0) is 4.79 Å². The second-order valence-electron chi connectivity index (χ2n) is 5.42. The maximum atomic E-state index is 12.1. The van der Waals surface area contributed by atoms with E-state index in [1.54, 1.807) is 0 Å². The van der Waals surface area contributed by atoms with E-state index in [1.165, 1.54) is 0 Å². The highest BCUT2D eigenvalue weighted by molar-refractivity contribution is 5.76. The van der Waals surface area contributed by atoms with E-state index in [1.807, 2.05) is 4.90 Å². The molecule has 0 aromatic heterocycles. The van der Waals surface area contributed by atoms with E-state index >= 15 is 0 Å². The summed E-state index contributed by atoms with van der Waals surface area (Å²) in [6, 6.07) is 0. The van der Waals surface area contributed by atoms with Crippen molar-refractivity contribution in [2.75, 3.05) is 32.7 Å². The van der Waals surface area contributed by atoms with E-state index in [-0.39, 0.29) is 5.91 Å². The Morgan fingerprint density at radius 3 is 2.76 bits per heavy atom. The second kappa shape index (κ2) is 7.67. The normalized spacial score (nSPS) is 19.2. The van der Waals surface area contributed by atoms with Gasteiger partial charge in [-0.05, 0) is 37.8 Å². The third-order valence-electron chi connectivity index (χ3n) is 3.29. The molecule has 1 aliphatic heterocycles. The molecule has 1 fully saturated rings. The molecule has 1 rings (SSSR count). The van der Waals surface area contributed by atoms with Crippen LogP contribution in [0.3, 0.4) is 0 Å². The summed E-state index contributed by atoms with van der Waals surface area (Å²) in [5.74, 6) is 1.24. The van der Waals surface area contributed by atoms with Gasteiger partial charge in [-0.25, -0.2) is 0 Å². The van der Waals surface area contributed by atoms with Gasteiger partial charge < -0.3 is 16.0 Å². The molecule has 0 aromatic carbocycles. The predicted molar refractivity (Wildman–Crippen MR) is 70.7 cm³/mol. The van der Waals surface area contributed by atoms with E-state index in [2.05, 4.69) is 19.2 Å². The van der Waals surface area contributed by atoms with Gasteiger partial charge in [0, 0.05) is 26.1 Å². The van der Waals surface area contributed by atoms with E-state index in [0.717, 1.165) is 39.0 Å². The van der Waals surface area contributed by atoms with Crippen LogP contribution in [0.2, 0.25) is 0 Å². The zero-order valence-electron chi connectivity index (χ0n) is 11.2. The van der Waals surface area contributed by atoms with Gasteiger partial charge in [0.1, 0.15) is 0 Å². The summed E-state index contributed by atoms with van der Waals surface area (Å²) < 4.78 is 0. The smallest absolute Gasteiger partial charge is 0.222 e. The standard InChI is InChI=1S/C13H27N3O/c1-11(2)8-12(10-14)9-13(17)16-6-3-4-15-5-7-16/h11-12,15H,3-10,14H2,1-2H3/t12-/m0/s1. The molecule has 0 spiro atoms. The summed E-state index contributed by atoms with van der Waals surface area (Å²) in [6.07, 6.45) is 2.73. The summed E-state index contributed by atoms with van der Waals surface area (Å²) in [4.78, 5) is 14.1. The summed E-state index contributed by atoms with van der Waals surface area (Å²) in [5.41, 5.74) is 5.75. The molecule has 3 N–H and O–H groups in total. The molecule has 4 nitrogen and oxygen atoms in total. The number of nitrogens with zero attached hydrogens (tertiary/aromatic N) is 1. The molecule has 0 aliphatic carbocycles. The molecule has 0 aromatic rings. The van der Waals surface area contributed by atoms with Crippen LogP contribution < -0.4 is 11.1 Å². The average molecular weight is 241 g/mol.